The largest absolute Gasteiger partial charge is 0.496 e. The van der Waals surface area contributed by atoms with Crippen LogP contribution in [-0.4, -0.2) is 35.8 Å². The Bertz CT molecular complexity index is 1120. The van der Waals surface area contributed by atoms with Crippen molar-refractivity contribution in [2.45, 2.75) is 11.9 Å². The average Bonchev–Trinajstić information content (AvgIpc) is 3.20. The lowest BCUT2D eigenvalue weighted by Gasteiger charge is -2.24. The maximum absolute atomic E-state index is 12.5. The van der Waals surface area contributed by atoms with Gasteiger partial charge < -0.3 is 9.64 Å². The molecule has 3 aromatic carbocycles. The summed E-state index contributed by atoms with van der Waals surface area (Å²) in [6.45, 7) is 0.567. The second kappa shape index (κ2) is 10.2. The van der Waals surface area contributed by atoms with E-state index in [0.717, 1.165) is 16.7 Å². The fourth-order valence-corrected chi connectivity index (χ4v) is 4.67. The molecule has 4 rings (SSSR count). The van der Waals surface area contributed by atoms with Gasteiger partial charge in [0.2, 0.25) is 5.91 Å². The number of para-hydroxylation sites is 1. The Kier molecular flexibility index (Phi) is 6.87. The third-order valence-electron chi connectivity index (χ3n) is 5.13. The fraction of sp³-hybridized carbons (Fsp3) is 0.160. The van der Waals surface area contributed by atoms with Crippen LogP contribution in [0.1, 0.15) is 32.4 Å². The molecule has 1 fully saturated rings. The highest BCUT2D eigenvalue weighted by Gasteiger charge is 2.32. The molecule has 0 aliphatic carbocycles. The molecule has 6 nitrogen and oxygen atoms in total. The van der Waals surface area contributed by atoms with Gasteiger partial charge in [-0.1, -0.05) is 54.6 Å². The zero-order chi connectivity index (χ0) is 22.3. The van der Waals surface area contributed by atoms with Gasteiger partial charge in [-0.3, -0.25) is 9.59 Å². The minimum absolute atomic E-state index is 0.0663. The van der Waals surface area contributed by atoms with Gasteiger partial charge >= 0.3 is 0 Å². The maximum Gasteiger partial charge on any atom is 0.271 e. The lowest BCUT2D eigenvalue weighted by atomic mass is 10.1. The van der Waals surface area contributed by atoms with Crippen LogP contribution in [0.25, 0.3) is 0 Å². The molecule has 32 heavy (non-hydrogen) atoms. The molecule has 0 saturated carbocycles. The zero-order valence-electron chi connectivity index (χ0n) is 17.6. The van der Waals surface area contributed by atoms with Gasteiger partial charge in [0.05, 0.1) is 19.1 Å². The number of amides is 2. The molecule has 0 bridgehead atoms. The summed E-state index contributed by atoms with van der Waals surface area (Å²) in [4.78, 5) is 26.8. The molecule has 7 heteroatoms. The van der Waals surface area contributed by atoms with Crippen LogP contribution in [0.3, 0.4) is 0 Å². The normalized spacial score (nSPS) is 15.8. The van der Waals surface area contributed by atoms with E-state index in [1.165, 1.54) is 0 Å². The summed E-state index contributed by atoms with van der Waals surface area (Å²) in [5.41, 5.74) is 5.89. The molecule has 162 valence electrons. The van der Waals surface area contributed by atoms with Crippen molar-refractivity contribution in [2.75, 3.05) is 12.9 Å². The fourth-order valence-electron chi connectivity index (χ4n) is 3.48. The molecule has 1 N–H and O–H groups in total. The van der Waals surface area contributed by atoms with Crippen molar-refractivity contribution >= 4 is 29.8 Å². The average molecular weight is 446 g/mol. The summed E-state index contributed by atoms with van der Waals surface area (Å²) in [6.07, 6.45) is 1.55. The number of benzene rings is 3. The van der Waals surface area contributed by atoms with Crippen LogP contribution in [0, 0.1) is 0 Å². The van der Waals surface area contributed by atoms with E-state index in [9.17, 15) is 9.59 Å². The Labute approximate surface area is 191 Å². The van der Waals surface area contributed by atoms with E-state index in [1.807, 2.05) is 71.6 Å². The number of rotatable bonds is 7. The van der Waals surface area contributed by atoms with E-state index < -0.39 is 0 Å². The molecular weight excluding hydrogens is 422 g/mol. The summed E-state index contributed by atoms with van der Waals surface area (Å²) in [6, 6.07) is 24.7. The van der Waals surface area contributed by atoms with E-state index >= 15 is 0 Å². The number of hydrazone groups is 1. The minimum atomic E-state index is -0.306. The summed E-state index contributed by atoms with van der Waals surface area (Å²) in [5.74, 6) is 0.950. The van der Waals surface area contributed by atoms with Crippen LogP contribution in [0.4, 0.5) is 0 Å². The van der Waals surface area contributed by atoms with Gasteiger partial charge in [-0.05, 0) is 35.4 Å². The van der Waals surface area contributed by atoms with Gasteiger partial charge in [-0.25, -0.2) is 5.43 Å². The molecule has 0 unspecified atom stereocenters. The van der Waals surface area contributed by atoms with Crippen LogP contribution >= 0.6 is 11.8 Å². The quantitative estimate of drug-likeness (QED) is 0.436. The van der Waals surface area contributed by atoms with Crippen molar-refractivity contribution in [3.8, 4) is 5.75 Å². The number of nitrogens with one attached hydrogen (secondary N) is 1. The molecular formula is C25H23N3O3S. The highest BCUT2D eigenvalue weighted by atomic mass is 32.2. The minimum Gasteiger partial charge on any atom is -0.496 e. The molecule has 0 spiro atoms. The number of ether oxygens (including phenoxy) is 1. The molecule has 1 atom stereocenters. The Balaban J connectivity index is 1.41. The number of hydrogen-bond donors (Lipinski definition) is 1. The van der Waals surface area contributed by atoms with Crippen molar-refractivity contribution in [3.63, 3.8) is 0 Å². The molecule has 3 aromatic rings. The van der Waals surface area contributed by atoms with Gasteiger partial charge in [-0.2, -0.15) is 5.10 Å². The zero-order valence-corrected chi connectivity index (χ0v) is 18.4. The highest BCUT2D eigenvalue weighted by Crippen LogP contribution is 2.39. The van der Waals surface area contributed by atoms with Crippen molar-refractivity contribution in [1.29, 1.82) is 0 Å². The summed E-state index contributed by atoms with van der Waals surface area (Å²) in [7, 11) is 1.59. The maximum atomic E-state index is 12.5. The van der Waals surface area contributed by atoms with Gasteiger partial charge in [0.1, 0.15) is 11.1 Å². The number of hydrogen-bond acceptors (Lipinski definition) is 5. The van der Waals surface area contributed by atoms with Crippen LogP contribution in [0.2, 0.25) is 0 Å². The van der Waals surface area contributed by atoms with E-state index in [-0.39, 0.29) is 17.2 Å². The number of methoxy groups -OCH3 is 1. The van der Waals surface area contributed by atoms with Crippen LogP contribution < -0.4 is 10.2 Å². The van der Waals surface area contributed by atoms with E-state index in [1.54, 1.807) is 37.2 Å². The predicted octanol–water partition coefficient (Wildman–Crippen LogP) is 4.23. The van der Waals surface area contributed by atoms with Crippen LogP contribution in [-0.2, 0) is 11.3 Å². The third-order valence-corrected chi connectivity index (χ3v) is 6.39. The lowest BCUT2D eigenvalue weighted by Crippen LogP contribution is -2.27. The van der Waals surface area contributed by atoms with Crippen molar-refractivity contribution in [2.24, 2.45) is 5.10 Å². The van der Waals surface area contributed by atoms with Gasteiger partial charge in [0.15, 0.2) is 0 Å². The molecule has 1 aliphatic rings. The molecule has 1 heterocycles. The summed E-state index contributed by atoms with van der Waals surface area (Å²) < 4.78 is 5.27. The number of carbonyl (C=O) groups excluding carboxylic acids is 2. The smallest absolute Gasteiger partial charge is 0.271 e. The van der Waals surface area contributed by atoms with Crippen LogP contribution in [0.15, 0.2) is 84.0 Å². The SMILES string of the molecule is COc1ccccc1/C=N\NC(=O)c1ccc([C@@H]2SCC(=O)N2Cc2ccccc2)cc1. The second-order valence-corrected chi connectivity index (χ2v) is 8.30. The predicted molar refractivity (Wildman–Crippen MR) is 127 cm³/mol. The lowest BCUT2D eigenvalue weighted by molar-refractivity contribution is -0.128. The first kappa shape index (κ1) is 21.6. The molecule has 1 saturated heterocycles. The molecule has 0 radical (unpaired) electrons. The topological polar surface area (TPSA) is 71.0 Å². The Hall–Kier alpha value is -3.58. The van der Waals surface area contributed by atoms with Crippen molar-refractivity contribution in [1.82, 2.24) is 10.3 Å². The number of thioether (sulfide) groups is 1. The van der Waals surface area contributed by atoms with E-state index in [2.05, 4.69) is 10.5 Å². The Morgan fingerprint density at radius 3 is 2.56 bits per heavy atom. The molecule has 2 amide bonds. The van der Waals surface area contributed by atoms with Crippen molar-refractivity contribution in [3.05, 3.63) is 101 Å². The summed E-state index contributed by atoms with van der Waals surface area (Å²) in [5, 5.41) is 3.97. The first-order valence-corrected chi connectivity index (χ1v) is 11.2. The van der Waals surface area contributed by atoms with Gasteiger partial charge in [-0.15, -0.1) is 11.8 Å². The Morgan fingerprint density at radius 1 is 1.09 bits per heavy atom. The number of carbonyl (C=O) groups is 2. The monoisotopic (exact) mass is 445 g/mol. The second-order valence-electron chi connectivity index (χ2n) is 7.23. The van der Waals surface area contributed by atoms with Crippen LogP contribution in [0.5, 0.6) is 5.75 Å². The molecule has 0 aromatic heterocycles. The summed E-state index contributed by atoms with van der Waals surface area (Å²) >= 11 is 1.60. The van der Waals surface area contributed by atoms with Gasteiger partial charge in [0, 0.05) is 17.7 Å². The molecule has 1 aliphatic heterocycles. The Morgan fingerprint density at radius 2 is 1.81 bits per heavy atom. The number of nitrogens with zero attached hydrogens (tertiary/aromatic N) is 2. The van der Waals surface area contributed by atoms with E-state index in [4.69, 9.17) is 4.74 Å². The van der Waals surface area contributed by atoms with E-state index in [0.29, 0.717) is 23.6 Å². The highest BCUT2D eigenvalue weighted by molar-refractivity contribution is 8.00. The third kappa shape index (κ3) is 5.00. The first-order valence-electron chi connectivity index (χ1n) is 10.2. The first-order chi connectivity index (χ1) is 15.7. The standard InChI is InChI=1S/C25H23N3O3S/c1-31-22-10-6-5-9-21(22)15-26-27-24(30)19-11-13-20(14-12-19)25-28(23(29)17-32-25)16-18-7-3-2-4-8-18/h2-15,25H,16-17H2,1H3,(H,27,30)/b26-15-/t25-/m0/s1. The van der Waals surface area contributed by atoms with Crippen molar-refractivity contribution < 1.29 is 14.3 Å². The van der Waals surface area contributed by atoms with Gasteiger partial charge in [0.25, 0.3) is 5.91 Å².